The number of hydrogen-bond acceptors (Lipinski definition) is 3. The Bertz CT molecular complexity index is 656. The quantitative estimate of drug-likeness (QED) is 0.473. The number of nitrogens with two attached hydrogens (primary N) is 1. The van der Waals surface area contributed by atoms with Crippen molar-refractivity contribution in [2.45, 2.75) is 70.9 Å². The van der Waals surface area contributed by atoms with E-state index in [1.54, 1.807) is 0 Å². The third-order valence-electron chi connectivity index (χ3n) is 6.19. The molecule has 2 N–H and O–H groups in total. The second kappa shape index (κ2) is 11.1. The molecule has 29 heavy (non-hydrogen) atoms. The Balaban J connectivity index is 2.12. The van der Waals surface area contributed by atoms with Gasteiger partial charge in [-0.15, -0.1) is 0 Å². The standard InChI is InChI=1S/C25H40N2OSi/c1-25(2,3)29(4,5)28-19-17-24(16-18-26)27(20-22-12-8-6-9-13-22)21-23-14-10-7-11-15-23/h6-15,24H,16-21,26H2,1-5H3/t24-/m0/s1. The molecule has 0 aromatic heterocycles. The lowest BCUT2D eigenvalue weighted by molar-refractivity contribution is 0.138. The van der Waals surface area contributed by atoms with Crippen LogP contribution in [0.1, 0.15) is 44.7 Å². The molecule has 0 radical (unpaired) electrons. The molecule has 0 aliphatic carbocycles. The Labute approximate surface area is 179 Å². The van der Waals surface area contributed by atoms with Crippen LogP contribution in [0, 0.1) is 0 Å². The molecule has 160 valence electrons. The summed E-state index contributed by atoms with van der Waals surface area (Å²) in [5.74, 6) is 0. The highest BCUT2D eigenvalue weighted by atomic mass is 28.4. The molecule has 3 nitrogen and oxygen atoms in total. The van der Waals surface area contributed by atoms with E-state index in [0.717, 1.165) is 32.5 Å². The molecule has 0 fully saturated rings. The van der Waals surface area contributed by atoms with E-state index in [1.807, 2.05) is 0 Å². The molecular formula is C25H40N2OSi. The molecule has 0 aliphatic rings. The van der Waals surface area contributed by atoms with Gasteiger partial charge in [-0.05, 0) is 48.6 Å². The van der Waals surface area contributed by atoms with Crippen molar-refractivity contribution in [2.75, 3.05) is 13.2 Å². The fraction of sp³-hybridized carbons (Fsp3) is 0.520. The number of benzene rings is 2. The molecule has 0 heterocycles. The Morgan fingerprint density at radius 1 is 0.862 bits per heavy atom. The van der Waals surface area contributed by atoms with E-state index in [-0.39, 0.29) is 5.04 Å². The van der Waals surface area contributed by atoms with Crippen molar-refractivity contribution < 1.29 is 4.43 Å². The molecule has 0 amide bonds. The average Bonchev–Trinajstić information content (AvgIpc) is 2.67. The van der Waals surface area contributed by atoms with Gasteiger partial charge in [-0.25, -0.2) is 0 Å². The van der Waals surface area contributed by atoms with E-state index in [9.17, 15) is 0 Å². The van der Waals surface area contributed by atoms with Gasteiger partial charge in [-0.1, -0.05) is 81.4 Å². The van der Waals surface area contributed by atoms with Crippen molar-refractivity contribution in [3.8, 4) is 0 Å². The van der Waals surface area contributed by atoms with Crippen molar-refractivity contribution >= 4 is 8.32 Å². The van der Waals surface area contributed by atoms with Crippen LogP contribution in [0.15, 0.2) is 60.7 Å². The molecule has 2 aromatic rings. The van der Waals surface area contributed by atoms with E-state index in [2.05, 4.69) is 99.4 Å². The molecule has 0 saturated heterocycles. The average molecular weight is 413 g/mol. The lowest BCUT2D eigenvalue weighted by Crippen LogP contribution is -2.42. The van der Waals surface area contributed by atoms with Crippen LogP contribution >= 0.6 is 0 Å². The Morgan fingerprint density at radius 2 is 1.34 bits per heavy atom. The summed E-state index contributed by atoms with van der Waals surface area (Å²) < 4.78 is 6.49. The van der Waals surface area contributed by atoms with Crippen molar-refractivity contribution in [3.05, 3.63) is 71.8 Å². The summed E-state index contributed by atoms with van der Waals surface area (Å²) >= 11 is 0. The van der Waals surface area contributed by atoms with Crippen molar-refractivity contribution in [1.82, 2.24) is 4.90 Å². The van der Waals surface area contributed by atoms with Crippen LogP contribution < -0.4 is 5.73 Å². The molecule has 0 saturated carbocycles. The largest absolute Gasteiger partial charge is 0.417 e. The van der Waals surface area contributed by atoms with E-state index in [1.165, 1.54) is 11.1 Å². The van der Waals surface area contributed by atoms with Crippen LogP contribution in [0.25, 0.3) is 0 Å². The minimum Gasteiger partial charge on any atom is -0.417 e. The summed E-state index contributed by atoms with van der Waals surface area (Å²) in [6, 6.07) is 21.9. The smallest absolute Gasteiger partial charge is 0.191 e. The van der Waals surface area contributed by atoms with Crippen LogP contribution in [0.3, 0.4) is 0 Å². The highest BCUT2D eigenvalue weighted by Crippen LogP contribution is 2.36. The third-order valence-corrected chi connectivity index (χ3v) is 10.7. The maximum Gasteiger partial charge on any atom is 0.191 e. The summed E-state index contributed by atoms with van der Waals surface area (Å²) in [5, 5.41) is 0.240. The fourth-order valence-corrected chi connectivity index (χ4v) is 4.38. The summed E-state index contributed by atoms with van der Waals surface area (Å²) in [4.78, 5) is 2.58. The second-order valence-corrected chi connectivity index (χ2v) is 14.3. The van der Waals surface area contributed by atoms with Gasteiger partial charge in [0.2, 0.25) is 0 Å². The summed E-state index contributed by atoms with van der Waals surface area (Å²) in [6.07, 6.45) is 2.00. The van der Waals surface area contributed by atoms with Gasteiger partial charge in [-0.2, -0.15) is 0 Å². The van der Waals surface area contributed by atoms with Gasteiger partial charge >= 0.3 is 0 Å². The Hall–Kier alpha value is -1.46. The maximum atomic E-state index is 6.49. The van der Waals surface area contributed by atoms with Gasteiger partial charge in [-0.3, -0.25) is 4.90 Å². The molecule has 0 bridgehead atoms. The highest BCUT2D eigenvalue weighted by Gasteiger charge is 2.37. The summed E-state index contributed by atoms with van der Waals surface area (Å²) in [5.41, 5.74) is 8.71. The first kappa shape index (κ1) is 23.8. The Morgan fingerprint density at radius 3 is 1.76 bits per heavy atom. The first-order chi connectivity index (χ1) is 13.7. The molecular weight excluding hydrogens is 372 g/mol. The monoisotopic (exact) mass is 412 g/mol. The van der Waals surface area contributed by atoms with Crippen LogP contribution in [0.4, 0.5) is 0 Å². The van der Waals surface area contributed by atoms with Crippen molar-refractivity contribution in [3.63, 3.8) is 0 Å². The predicted molar refractivity (Wildman–Crippen MR) is 127 cm³/mol. The summed E-state index contributed by atoms with van der Waals surface area (Å²) in [6.45, 7) is 14.9. The lowest BCUT2D eigenvalue weighted by Gasteiger charge is -2.37. The predicted octanol–water partition coefficient (Wildman–Crippen LogP) is 5.82. The zero-order chi connectivity index (χ0) is 21.3. The number of hydrogen-bond donors (Lipinski definition) is 1. The fourth-order valence-electron chi connectivity index (χ4n) is 3.32. The zero-order valence-corrected chi connectivity index (χ0v) is 20.0. The SMILES string of the molecule is CC(C)(C)[Si](C)(C)OCC[C@H](CCN)N(Cc1ccccc1)Cc1ccccc1. The van der Waals surface area contributed by atoms with Crippen LogP contribution in [0.5, 0.6) is 0 Å². The van der Waals surface area contributed by atoms with Crippen LogP contribution in [0.2, 0.25) is 18.1 Å². The van der Waals surface area contributed by atoms with E-state index in [4.69, 9.17) is 10.2 Å². The first-order valence-corrected chi connectivity index (χ1v) is 13.8. The molecule has 2 rings (SSSR count). The molecule has 0 spiro atoms. The van der Waals surface area contributed by atoms with Crippen LogP contribution in [-0.4, -0.2) is 32.4 Å². The third kappa shape index (κ3) is 7.70. The zero-order valence-electron chi connectivity index (χ0n) is 19.0. The van der Waals surface area contributed by atoms with Gasteiger partial charge < -0.3 is 10.2 Å². The van der Waals surface area contributed by atoms with Crippen LogP contribution in [-0.2, 0) is 17.5 Å². The highest BCUT2D eigenvalue weighted by molar-refractivity contribution is 6.74. The van der Waals surface area contributed by atoms with Gasteiger partial charge in [0.1, 0.15) is 0 Å². The maximum absolute atomic E-state index is 6.49. The first-order valence-electron chi connectivity index (χ1n) is 10.9. The minimum absolute atomic E-state index is 0.240. The van der Waals surface area contributed by atoms with Crippen molar-refractivity contribution in [2.24, 2.45) is 5.73 Å². The topological polar surface area (TPSA) is 38.5 Å². The summed E-state index contributed by atoms with van der Waals surface area (Å²) in [7, 11) is -1.73. The molecule has 0 unspecified atom stereocenters. The Kier molecular flexibility index (Phi) is 9.09. The molecule has 0 aliphatic heterocycles. The normalized spacial score (nSPS) is 13.6. The molecule has 1 atom stereocenters. The number of rotatable bonds is 11. The van der Waals surface area contributed by atoms with Crippen molar-refractivity contribution in [1.29, 1.82) is 0 Å². The number of nitrogens with zero attached hydrogens (tertiary/aromatic N) is 1. The minimum atomic E-state index is -1.73. The van der Waals surface area contributed by atoms with E-state index >= 15 is 0 Å². The van der Waals surface area contributed by atoms with Gasteiger partial charge in [0.25, 0.3) is 0 Å². The van der Waals surface area contributed by atoms with Gasteiger partial charge in [0, 0.05) is 25.7 Å². The molecule has 4 heteroatoms. The van der Waals surface area contributed by atoms with E-state index < -0.39 is 8.32 Å². The second-order valence-electron chi connectivity index (χ2n) is 9.50. The molecule has 2 aromatic carbocycles. The van der Waals surface area contributed by atoms with Gasteiger partial charge in [0.15, 0.2) is 8.32 Å². The lowest BCUT2D eigenvalue weighted by atomic mass is 10.1. The van der Waals surface area contributed by atoms with Gasteiger partial charge in [0.05, 0.1) is 0 Å². The van der Waals surface area contributed by atoms with E-state index in [0.29, 0.717) is 12.6 Å².